The SMILES string of the molecule is C[C@H]1CN(Cc2ccc(N(C)C(=O)c3ccc(Cl)nc3)cc2F)CCN1C(=O)O. The van der Waals surface area contributed by atoms with Crippen LogP contribution in [0.4, 0.5) is 14.9 Å². The Bertz CT molecular complexity index is 909. The van der Waals surface area contributed by atoms with Crippen molar-refractivity contribution in [1.29, 1.82) is 0 Å². The molecule has 0 bridgehead atoms. The van der Waals surface area contributed by atoms with Gasteiger partial charge in [0.2, 0.25) is 0 Å². The molecular weight excluding hydrogens is 399 g/mol. The molecule has 0 saturated carbocycles. The summed E-state index contributed by atoms with van der Waals surface area (Å²) in [6.07, 6.45) is 0.445. The number of anilines is 1. The minimum atomic E-state index is -0.934. The molecule has 1 aromatic carbocycles. The van der Waals surface area contributed by atoms with Gasteiger partial charge < -0.3 is 14.9 Å². The molecule has 0 radical (unpaired) electrons. The number of aromatic nitrogens is 1. The minimum absolute atomic E-state index is 0.152. The number of nitrogens with zero attached hydrogens (tertiary/aromatic N) is 4. The predicted molar refractivity (Wildman–Crippen MR) is 108 cm³/mol. The van der Waals surface area contributed by atoms with E-state index in [1.165, 1.54) is 28.1 Å². The van der Waals surface area contributed by atoms with Crippen molar-refractivity contribution in [2.45, 2.75) is 19.5 Å². The third kappa shape index (κ3) is 4.83. The second-order valence-electron chi connectivity index (χ2n) is 7.07. The van der Waals surface area contributed by atoms with Gasteiger partial charge in [0.25, 0.3) is 5.91 Å². The smallest absolute Gasteiger partial charge is 0.407 e. The first kappa shape index (κ1) is 21.0. The Labute approximate surface area is 173 Å². The van der Waals surface area contributed by atoms with Gasteiger partial charge in [-0.1, -0.05) is 17.7 Å². The van der Waals surface area contributed by atoms with Crippen molar-refractivity contribution in [2.75, 3.05) is 31.6 Å². The number of pyridine rings is 1. The number of carbonyl (C=O) groups excluding carboxylic acids is 1. The molecule has 0 unspecified atom stereocenters. The Morgan fingerprint density at radius 2 is 2.07 bits per heavy atom. The Morgan fingerprint density at radius 1 is 1.31 bits per heavy atom. The normalized spacial score (nSPS) is 17.2. The molecule has 7 nitrogen and oxygen atoms in total. The first-order valence-electron chi connectivity index (χ1n) is 9.16. The number of carboxylic acid groups (broad SMARTS) is 1. The molecule has 1 N–H and O–H groups in total. The van der Waals surface area contributed by atoms with Crippen LogP contribution < -0.4 is 4.90 Å². The van der Waals surface area contributed by atoms with Crippen LogP contribution in [0.1, 0.15) is 22.8 Å². The maximum atomic E-state index is 14.7. The van der Waals surface area contributed by atoms with Crippen LogP contribution in [0.3, 0.4) is 0 Å². The average Bonchev–Trinajstić information content (AvgIpc) is 2.69. The molecule has 1 fully saturated rings. The zero-order valence-electron chi connectivity index (χ0n) is 16.2. The zero-order chi connectivity index (χ0) is 21.1. The van der Waals surface area contributed by atoms with E-state index in [0.29, 0.717) is 43.0 Å². The topological polar surface area (TPSA) is 77.0 Å². The van der Waals surface area contributed by atoms with E-state index < -0.39 is 11.9 Å². The first-order valence-corrected chi connectivity index (χ1v) is 9.54. The molecule has 1 aromatic heterocycles. The fraction of sp³-hybridized carbons (Fsp3) is 0.350. The number of hydrogen-bond donors (Lipinski definition) is 1. The van der Waals surface area contributed by atoms with Gasteiger partial charge in [0.15, 0.2) is 0 Å². The van der Waals surface area contributed by atoms with Crippen LogP contribution in [-0.4, -0.2) is 64.6 Å². The van der Waals surface area contributed by atoms with Crippen LogP contribution >= 0.6 is 11.6 Å². The van der Waals surface area contributed by atoms with Crippen molar-refractivity contribution < 1.29 is 19.1 Å². The fourth-order valence-electron chi connectivity index (χ4n) is 3.39. The van der Waals surface area contributed by atoms with Gasteiger partial charge in [0, 0.05) is 56.7 Å². The Morgan fingerprint density at radius 3 is 2.66 bits per heavy atom. The molecule has 0 aliphatic carbocycles. The lowest BCUT2D eigenvalue weighted by Gasteiger charge is -2.38. The van der Waals surface area contributed by atoms with Crippen molar-refractivity contribution in [3.63, 3.8) is 0 Å². The molecule has 3 rings (SSSR count). The fourth-order valence-corrected chi connectivity index (χ4v) is 3.50. The van der Waals surface area contributed by atoms with E-state index in [2.05, 4.69) is 4.98 Å². The van der Waals surface area contributed by atoms with Crippen LogP contribution in [0, 0.1) is 5.82 Å². The van der Waals surface area contributed by atoms with Crippen molar-refractivity contribution in [3.8, 4) is 0 Å². The monoisotopic (exact) mass is 420 g/mol. The summed E-state index contributed by atoms with van der Waals surface area (Å²) in [5, 5.41) is 9.45. The number of carbonyl (C=O) groups is 2. The summed E-state index contributed by atoms with van der Waals surface area (Å²) >= 11 is 5.74. The summed E-state index contributed by atoms with van der Waals surface area (Å²) in [6, 6.07) is 7.61. The van der Waals surface area contributed by atoms with E-state index in [0.717, 1.165) is 0 Å². The van der Waals surface area contributed by atoms with E-state index in [1.54, 1.807) is 25.2 Å². The highest BCUT2D eigenvalue weighted by Gasteiger charge is 2.27. The molecule has 2 aromatic rings. The maximum Gasteiger partial charge on any atom is 0.407 e. The minimum Gasteiger partial charge on any atom is -0.465 e. The zero-order valence-corrected chi connectivity index (χ0v) is 16.9. The summed E-state index contributed by atoms with van der Waals surface area (Å²) in [5.74, 6) is -0.732. The quantitative estimate of drug-likeness (QED) is 0.768. The van der Waals surface area contributed by atoms with Crippen LogP contribution in [0.15, 0.2) is 36.5 Å². The van der Waals surface area contributed by atoms with Crippen molar-refractivity contribution in [3.05, 3.63) is 58.6 Å². The van der Waals surface area contributed by atoms with Crippen LogP contribution in [0.5, 0.6) is 0 Å². The number of benzene rings is 1. The molecule has 29 heavy (non-hydrogen) atoms. The number of amides is 2. The van der Waals surface area contributed by atoms with Gasteiger partial charge in [0.05, 0.1) is 5.56 Å². The second-order valence-corrected chi connectivity index (χ2v) is 7.46. The van der Waals surface area contributed by atoms with Crippen LogP contribution in [0.2, 0.25) is 5.15 Å². The van der Waals surface area contributed by atoms with E-state index in [-0.39, 0.29) is 17.1 Å². The highest BCUT2D eigenvalue weighted by molar-refractivity contribution is 6.29. The maximum absolute atomic E-state index is 14.7. The molecule has 154 valence electrons. The van der Waals surface area contributed by atoms with Gasteiger partial charge in [0.1, 0.15) is 11.0 Å². The highest BCUT2D eigenvalue weighted by atomic mass is 35.5. The number of rotatable bonds is 4. The molecular formula is C20H22ClFN4O3. The Kier molecular flexibility index (Phi) is 6.34. The number of piperazine rings is 1. The number of halogens is 2. The largest absolute Gasteiger partial charge is 0.465 e. The molecule has 2 heterocycles. The van der Waals surface area contributed by atoms with Gasteiger partial charge in [-0.05, 0) is 31.2 Å². The molecule has 2 amide bonds. The van der Waals surface area contributed by atoms with E-state index in [1.807, 2.05) is 11.8 Å². The van der Waals surface area contributed by atoms with E-state index >= 15 is 0 Å². The first-order chi connectivity index (χ1) is 13.8. The van der Waals surface area contributed by atoms with Gasteiger partial charge in [-0.3, -0.25) is 9.69 Å². The van der Waals surface area contributed by atoms with Crippen LogP contribution in [0.25, 0.3) is 0 Å². The molecule has 1 saturated heterocycles. The summed E-state index contributed by atoms with van der Waals surface area (Å²) in [4.78, 5) is 32.4. The third-order valence-electron chi connectivity index (χ3n) is 5.05. The van der Waals surface area contributed by atoms with Gasteiger partial charge in [-0.25, -0.2) is 14.2 Å². The molecule has 1 atom stereocenters. The Hall–Kier alpha value is -2.71. The molecule has 1 aliphatic heterocycles. The summed E-state index contributed by atoms with van der Waals surface area (Å²) in [5.41, 5.74) is 1.28. The lowest BCUT2D eigenvalue weighted by molar-refractivity contribution is 0.0706. The van der Waals surface area contributed by atoms with E-state index in [9.17, 15) is 14.0 Å². The lowest BCUT2D eigenvalue weighted by Crippen LogP contribution is -2.53. The van der Waals surface area contributed by atoms with E-state index in [4.69, 9.17) is 16.7 Å². The van der Waals surface area contributed by atoms with Crippen molar-refractivity contribution in [1.82, 2.24) is 14.8 Å². The molecule has 1 aliphatic rings. The van der Waals surface area contributed by atoms with Crippen molar-refractivity contribution >= 4 is 29.3 Å². The molecule has 0 spiro atoms. The predicted octanol–water partition coefficient (Wildman–Crippen LogP) is 3.33. The summed E-state index contributed by atoms with van der Waals surface area (Å²) in [7, 11) is 1.57. The highest BCUT2D eigenvalue weighted by Crippen LogP contribution is 2.22. The van der Waals surface area contributed by atoms with Crippen LogP contribution in [-0.2, 0) is 6.54 Å². The average molecular weight is 421 g/mol. The van der Waals surface area contributed by atoms with Gasteiger partial charge in [-0.2, -0.15) is 0 Å². The summed E-state index contributed by atoms with van der Waals surface area (Å²) < 4.78 is 14.7. The lowest BCUT2D eigenvalue weighted by atomic mass is 10.1. The van der Waals surface area contributed by atoms with Gasteiger partial charge in [-0.15, -0.1) is 0 Å². The standard InChI is InChI=1S/C20H22ClFN4O3/c1-13-11-25(7-8-26(13)20(28)29)12-15-3-5-16(9-17(15)22)24(2)19(27)14-4-6-18(21)23-10-14/h3-6,9-10,13H,7-8,11-12H2,1-2H3,(H,28,29)/t13-/m0/s1. The van der Waals surface area contributed by atoms with Gasteiger partial charge >= 0.3 is 6.09 Å². The second kappa shape index (κ2) is 8.75. The Balaban J connectivity index is 1.68. The number of hydrogen-bond acceptors (Lipinski definition) is 4. The third-order valence-corrected chi connectivity index (χ3v) is 5.28. The molecule has 9 heteroatoms. The van der Waals surface area contributed by atoms with Crippen molar-refractivity contribution in [2.24, 2.45) is 0 Å². The summed E-state index contributed by atoms with van der Waals surface area (Å²) in [6.45, 7) is 3.69.